The topological polar surface area (TPSA) is 54.2 Å². The highest BCUT2D eigenvalue weighted by molar-refractivity contribution is 5.30. The number of piperazine rings is 1. The van der Waals surface area contributed by atoms with Crippen LogP contribution in [0, 0.1) is 13.8 Å². The molecule has 2 heterocycles. The van der Waals surface area contributed by atoms with E-state index in [1.54, 1.807) is 0 Å². The van der Waals surface area contributed by atoms with Crippen LogP contribution in [0.25, 0.3) is 0 Å². The SMILES string of the molecule is Cc1cc(C)cc(Cc2noc(CN3CCNCC3)n2)c1. The Morgan fingerprint density at radius 3 is 2.57 bits per heavy atom. The Morgan fingerprint density at radius 2 is 1.86 bits per heavy atom. The molecule has 0 spiro atoms. The Hall–Kier alpha value is -1.72. The molecule has 0 bridgehead atoms. The van der Waals surface area contributed by atoms with Crippen molar-refractivity contribution < 1.29 is 4.52 Å². The van der Waals surface area contributed by atoms with Gasteiger partial charge in [-0.2, -0.15) is 4.98 Å². The normalized spacial score (nSPS) is 16.3. The highest BCUT2D eigenvalue weighted by Crippen LogP contribution is 2.13. The first-order chi connectivity index (χ1) is 10.2. The monoisotopic (exact) mass is 286 g/mol. The van der Waals surface area contributed by atoms with Gasteiger partial charge < -0.3 is 9.84 Å². The smallest absolute Gasteiger partial charge is 0.240 e. The molecule has 2 aromatic rings. The van der Waals surface area contributed by atoms with Crippen LogP contribution in [0.4, 0.5) is 0 Å². The summed E-state index contributed by atoms with van der Waals surface area (Å²) in [7, 11) is 0. The minimum atomic E-state index is 0.719. The van der Waals surface area contributed by atoms with Gasteiger partial charge >= 0.3 is 0 Å². The average Bonchev–Trinajstić information content (AvgIpc) is 2.86. The summed E-state index contributed by atoms with van der Waals surface area (Å²) in [5.41, 5.74) is 3.78. The van der Waals surface area contributed by atoms with Crippen LogP contribution < -0.4 is 5.32 Å². The molecular formula is C16H22N4O. The first kappa shape index (κ1) is 14.2. The summed E-state index contributed by atoms with van der Waals surface area (Å²) >= 11 is 0. The molecule has 1 aliphatic rings. The molecule has 0 amide bonds. The molecule has 112 valence electrons. The third kappa shape index (κ3) is 3.89. The Labute approximate surface area is 125 Å². The first-order valence-corrected chi connectivity index (χ1v) is 7.51. The molecule has 0 aliphatic carbocycles. The third-order valence-electron chi connectivity index (χ3n) is 3.72. The van der Waals surface area contributed by atoms with Crippen LogP contribution in [-0.2, 0) is 13.0 Å². The van der Waals surface area contributed by atoms with Crippen LogP contribution in [0.2, 0.25) is 0 Å². The molecule has 1 N–H and O–H groups in total. The fourth-order valence-electron chi connectivity index (χ4n) is 2.84. The maximum Gasteiger partial charge on any atom is 0.240 e. The summed E-state index contributed by atoms with van der Waals surface area (Å²) in [6, 6.07) is 6.54. The van der Waals surface area contributed by atoms with Crippen LogP contribution in [0.5, 0.6) is 0 Å². The lowest BCUT2D eigenvalue weighted by Crippen LogP contribution is -2.42. The fraction of sp³-hybridized carbons (Fsp3) is 0.500. The Kier molecular flexibility index (Phi) is 4.31. The Morgan fingerprint density at radius 1 is 1.14 bits per heavy atom. The molecule has 0 saturated carbocycles. The standard InChI is InChI=1S/C16H22N4O/c1-12-7-13(2)9-14(8-12)10-15-18-16(21-19-15)11-20-5-3-17-4-6-20/h7-9,17H,3-6,10-11H2,1-2H3. The predicted molar refractivity (Wildman–Crippen MR) is 81.2 cm³/mol. The van der Waals surface area contributed by atoms with Gasteiger partial charge in [0.05, 0.1) is 6.54 Å². The second-order valence-electron chi connectivity index (χ2n) is 5.80. The third-order valence-corrected chi connectivity index (χ3v) is 3.72. The molecule has 0 unspecified atom stereocenters. The largest absolute Gasteiger partial charge is 0.338 e. The molecular weight excluding hydrogens is 264 g/mol. The van der Waals surface area contributed by atoms with E-state index < -0.39 is 0 Å². The lowest BCUT2D eigenvalue weighted by Gasteiger charge is -2.25. The van der Waals surface area contributed by atoms with Crippen molar-refractivity contribution in [2.24, 2.45) is 0 Å². The van der Waals surface area contributed by atoms with Gasteiger partial charge in [0.1, 0.15) is 0 Å². The fourth-order valence-corrected chi connectivity index (χ4v) is 2.84. The van der Waals surface area contributed by atoms with Gasteiger partial charge in [-0.05, 0) is 19.4 Å². The second-order valence-corrected chi connectivity index (χ2v) is 5.80. The second kappa shape index (κ2) is 6.37. The highest BCUT2D eigenvalue weighted by atomic mass is 16.5. The maximum atomic E-state index is 5.38. The lowest BCUT2D eigenvalue weighted by atomic mass is 10.1. The van der Waals surface area contributed by atoms with Crippen LogP contribution in [0.15, 0.2) is 22.7 Å². The number of nitrogens with zero attached hydrogens (tertiary/aromatic N) is 3. The first-order valence-electron chi connectivity index (χ1n) is 7.51. The summed E-state index contributed by atoms with van der Waals surface area (Å²) in [6.45, 7) is 9.11. The number of aryl methyl sites for hydroxylation is 2. The van der Waals surface area contributed by atoms with Crippen molar-refractivity contribution in [2.45, 2.75) is 26.8 Å². The van der Waals surface area contributed by atoms with Gasteiger partial charge in [-0.15, -0.1) is 0 Å². The van der Waals surface area contributed by atoms with Crippen LogP contribution in [-0.4, -0.2) is 41.2 Å². The zero-order chi connectivity index (χ0) is 14.7. The van der Waals surface area contributed by atoms with Crippen LogP contribution in [0.3, 0.4) is 0 Å². The zero-order valence-corrected chi connectivity index (χ0v) is 12.7. The number of hydrogen-bond acceptors (Lipinski definition) is 5. The molecule has 5 heteroatoms. The van der Waals surface area contributed by atoms with E-state index in [1.165, 1.54) is 16.7 Å². The van der Waals surface area contributed by atoms with Crippen LogP contribution >= 0.6 is 0 Å². The summed E-state index contributed by atoms with van der Waals surface area (Å²) < 4.78 is 5.38. The number of nitrogens with one attached hydrogen (secondary N) is 1. The van der Waals surface area contributed by atoms with Crippen molar-refractivity contribution in [3.05, 3.63) is 46.6 Å². The molecule has 5 nitrogen and oxygen atoms in total. The molecule has 0 atom stereocenters. The van der Waals surface area contributed by atoms with E-state index in [0.29, 0.717) is 0 Å². The maximum absolute atomic E-state index is 5.38. The van der Waals surface area contributed by atoms with Gasteiger partial charge in [-0.25, -0.2) is 0 Å². The molecule has 21 heavy (non-hydrogen) atoms. The van der Waals surface area contributed by atoms with E-state index >= 15 is 0 Å². The van der Waals surface area contributed by atoms with E-state index in [2.05, 4.69) is 52.4 Å². The van der Waals surface area contributed by atoms with Gasteiger partial charge in [0.2, 0.25) is 5.89 Å². The van der Waals surface area contributed by atoms with E-state index in [-0.39, 0.29) is 0 Å². The van der Waals surface area contributed by atoms with E-state index in [4.69, 9.17) is 4.52 Å². The molecule has 3 rings (SSSR count). The van der Waals surface area contributed by atoms with Crippen LogP contribution in [0.1, 0.15) is 28.4 Å². The number of benzene rings is 1. The molecule has 1 fully saturated rings. The van der Waals surface area contributed by atoms with E-state index in [1.807, 2.05) is 0 Å². The van der Waals surface area contributed by atoms with Gasteiger partial charge in [-0.1, -0.05) is 34.5 Å². The van der Waals surface area contributed by atoms with Crippen molar-refractivity contribution in [1.82, 2.24) is 20.4 Å². The van der Waals surface area contributed by atoms with E-state index in [9.17, 15) is 0 Å². The average molecular weight is 286 g/mol. The highest BCUT2D eigenvalue weighted by Gasteiger charge is 2.14. The Balaban J connectivity index is 1.64. The lowest BCUT2D eigenvalue weighted by molar-refractivity contribution is 0.203. The van der Waals surface area contributed by atoms with Gasteiger partial charge in [-0.3, -0.25) is 4.90 Å². The van der Waals surface area contributed by atoms with Crippen molar-refractivity contribution in [3.8, 4) is 0 Å². The summed E-state index contributed by atoms with van der Waals surface area (Å²) in [5.74, 6) is 1.49. The number of hydrogen-bond donors (Lipinski definition) is 1. The molecule has 1 aliphatic heterocycles. The van der Waals surface area contributed by atoms with Gasteiger partial charge in [0.25, 0.3) is 0 Å². The Bertz CT molecular complexity index is 582. The van der Waals surface area contributed by atoms with Crippen molar-refractivity contribution in [2.75, 3.05) is 26.2 Å². The molecule has 1 aromatic heterocycles. The predicted octanol–water partition coefficient (Wildman–Crippen LogP) is 1.68. The van der Waals surface area contributed by atoms with E-state index in [0.717, 1.165) is 50.9 Å². The molecule has 1 aromatic carbocycles. The molecule has 1 saturated heterocycles. The van der Waals surface area contributed by atoms with Crippen molar-refractivity contribution in [3.63, 3.8) is 0 Å². The number of rotatable bonds is 4. The quantitative estimate of drug-likeness (QED) is 0.927. The number of aromatic nitrogens is 2. The van der Waals surface area contributed by atoms with Gasteiger partial charge in [0.15, 0.2) is 5.82 Å². The molecule has 0 radical (unpaired) electrons. The summed E-state index contributed by atoms with van der Waals surface area (Å²) in [6.07, 6.45) is 0.730. The summed E-state index contributed by atoms with van der Waals surface area (Å²) in [4.78, 5) is 6.86. The summed E-state index contributed by atoms with van der Waals surface area (Å²) in [5, 5.41) is 7.45. The van der Waals surface area contributed by atoms with Crippen molar-refractivity contribution >= 4 is 0 Å². The van der Waals surface area contributed by atoms with Gasteiger partial charge in [0, 0.05) is 32.6 Å². The van der Waals surface area contributed by atoms with Crippen molar-refractivity contribution in [1.29, 1.82) is 0 Å². The zero-order valence-electron chi connectivity index (χ0n) is 12.7. The minimum Gasteiger partial charge on any atom is -0.338 e. The minimum absolute atomic E-state index is 0.719.